The first-order valence-electron chi connectivity index (χ1n) is 6.53. The number of carbonyl (C=O) groups is 1. The minimum absolute atomic E-state index is 0.167. The minimum Gasteiger partial charge on any atom is -0.377 e. The third-order valence-corrected chi connectivity index (χ3v) is 3.52. The molecule has 0 aliphatic carbocycles. The molecule has 0 spiro atoms. The molecule has 0 saturated carbocycles. The number of carbonyl (C=O) groups excluding carboxylic acids is 1. The first-order chi connectivity index (χ1) is 7.96. The average Bonchev–Trinajstić information content (AvgIpc) is 2.27. The van der Waals surface area contributed by atoms with Crippen LogP contribution >= 0.6 is 0 Å². The molecule has 1 unspecified atom stereocenters. The van der Waals surface area contributed by atoms with Crippen molar-refractivity contribution in [2.24, 2.45) is 11.1 Å². The highest BCUT2D eigenvalue weighted by molar-refractivity contribution is 5.76. The van der Waals surface area contributed by atoms with Crippen LogP contribution in [0.3, 0.4) is 0 Å². The number of amides is 1. The third-order valence-electron chi connectivity index (χ3n) is 3.52. The van der Waals surface area contributed by atoms with Crippen LogP contribution in [0.4, 0.5) is 0 Å². The van der Waals surface area contributed by atoms with E-state index in [0.29, 0.717) is 26.2 Å². The summed E-state index contributed by atoms with van der Waals surface area (Å²) in [7, 11) is 0. The second-order valence-electron chi connectivity index (χ2n) is 5.71. The fourth-order valence-corrected chi connectivity index (χ4v) is 2.20. The molecule has 100 valence electrons. The maximum Gasteiger partial charge on any atom is 0.222 e. The van der Waals surface area contributed by atoms with Gasteiger partial charge in [-0.2, -0.15) is 0 Å². The Labute approximate surface area is 104 Å². The van der Waals surface area contributed by atoms with Gasteiger partial charge in [0.15, 0.2) is 0 Å². The van der Waals surface area contributed by atoms with Crippen molar-refractivity contribution in [1.29, 1.82) is 0 Å². The maximum absolute atomic E-state index is 12.1. The molecule has 2 N–H and O–H groups in total. The van der Waals surface area contributed by atoms with E-state index in [4.69, 9.17) is 10.5 Å². The van der Waals surface area contributed by atoms with Gasteiger partial charge in [0.2, 0.25) is 5.91 Å². The summed E-state index contributed by atoms with van der Waals surface area (Å²) in [5, 5.41) is 0. The molecule has 1 heterocycles. The van der Waals surface area contributed by atoms with Crippen molar-refractivity contribution in [3.63, 3.8) is 0 Å². The molecule has 17 heavy (non-hydrogen) atoms. The molecule has 1 aliphatic heterocycles. The van der Waals surface area contributed by atoms with Gasteiger partial charge in [-0.1, -0.05) is 13.8 Å². The highest BCUT2D eigenvalue weighted by Gasteiger charge is 2.25. The van der Waals surface area contributed by atoms with E-state index in [9.17, 15) is 4.79 Å². The topological polar surface area (TPSA) is 55.6 Å². The number of nitrogens with two attached hydrogens (primary N) is 1. The average molecular weight is 242 g/mol. The zero-order valence-corrected chi connectivity index (χ0v) is 11.4. The molecule has 0 radical (unpaired) electrons. The second-order valence-corrected chi connectivity index (χ2v) is 5.71. The van der Waals surface area contributed by atoms with Crippen molar-refractivity contribution in [3.8, 4) is 0 Å². The summed E-state index contributed by atoms with van der Waals surface area (Å²) < 4.78 is 5.34. The lowest BCUT2D eigenvalue weighted by Gasteiger charge is -2.34. The normalized spacial score (nSPS) is 21.6. The third kappa shape index (κ3) is 4.64. The zero-order chi connectivity index (χ0) is 12.9. The van der Waals surface area contributed by atoms with Crippen LogP contribution in [-0.2, 0) is 9.53 Å². The number of ether oxygens (including phenoxy) is 1. The molecular formula is C13H26N2O2. The van der Waals surface area contributed by atoms with Gasteiger partial charge >= 0.3 is 0 Å². The summed E-state index contributed by atoms with van der Waals surface area (Å²) in [6.45, 7) is 9.15. The van der Waals surface area contributed by atoms with Crippen LogP contribution in [0.1, 0.15) is 40.0 Å². The predicted octanol–water partition coefficient (Wildman–Crippen LogP) is 1.39. The molecule has 1 aliphatic rings. The van der Waals surface area contributed by atoms with Crippen LogP contribution in [0.5, 0.6) is 0 Å². The van der Waals surface area contributed by atoms with Crippen LogP contribution < -0.4 is 5.73 Å². The first kappa shape index (κ1) is 14.5. The zero-order valence-electron chi connectivity index (χ0n) is 11.4. The van der Waals surface area contributed by atoms with Crippen molar-refractivity contribution >= 4 is 5.91 Å². The van der Waals surface area contributed by atoms with Gasteiger partial charge in [0, 0.05) is 13.0 Å². The summed E-state index contributed by atoms with van der Waals surface area (Å²) in [5.74, 6) is 0.255. The Hall–Kier alpha value is -0.610. The van der Waals surface area contributed by atoms with Crippen LogP contribution in [-0.4, -0.2) is 43.2 Å². The molecule has 0 aromatic rings. The number of morpholine rings is 1. The molecule has 0 aromatic carbocycles. The lowest BCUT2D eigenvalue weighted by atomic mass is 9.84. The Balaban J connectivity index is 2.38. The summed E-state index contributed by atoms with van der Waals surface area (Å²) >= 11 is 0. The molecule has 0 bridgehead atoms. The van der Waals surface area contributed by atoms with Gasteiger partial charge in [-0.25, -0.2) is 0 Å². The van der Waals surface area contributed by atoms with E-state index in [1.54, 1.807) is 0 Å². The lowest BCUT2D eigenvalue weighted by molar-refractivity contribution is -0.139. The molecule has 1 saturated heterocycles. The van der Waals surface area contributed by atoms with Crippen LogP contribution in [0.15, 0.2) is 0 Å². The van der Waals surface area contributed by atoms with Crippen LogP contribution in [0, 0.1) is 5.41 Å². The van der Waals surface area contributed by atoms with Gasteiger partial charge in [0.25, 0.3) is 0 Å². The fraction of sp³-hybridized carbons (Fsp3) is 0.923. The van der Waals surface area contributed by atoms with Crippen molar-refractivity contribution in [3.05, 3.63) is 0 Å². The molecule has 1 rings (SSSR count). The van der Waals surface area contributed by atoms with E-state index in [1.165, 1.54) is 0 Å². The largest absolute Gasteiger partial charge is 0.377 e. The number of nitrogens with zero attached hydrogens (tertiary/aromatic N) is 1. The summed E-state index contributed by atoms with van der Waals surface area (Å²) in [6.07, 6.45) is 2.50. The monoisotopic (exact) mass is 242 g/mol. The SMILES string of the molecule is CC1COCCN1C(=O)CCC(C)(C)CCN. The molecule has 1 fully saturated rings. The van der Waals surface area contributed by atoms with Crippen LogP contribution in [0.2, 0.25) is 0 Å². The second kappa shape index (κ2) is 6.36. The molecule has 1 amide bonds. The summed E-state index contributed by atoms with van der Waals surface area (Å²) in [4.78, 5) is 14.0. The predicted molar refractivity (Wildman–Crippen MR) is 68.7 cm³/mol. The molecule has 4 nitrogen and oxygen atoms in total. The van der Waals surface area contributed by atoms with E-state index in [1.807, 2.05) is 11.8 Å². The Morgan fingerprint density at radius 1 is 1.47 bits per heavy atom. The quantitative estimate of drug-likeness (QED) is 0.792. The number of rotatable bonds is 5. The van der Waals surface area contributed by atoms with Crippen molar-refractivity contribution < 1.29 is 9.53 Å². The first-order valence-corrected chi connectivity index (χ1v) is 6.53. The Morgan fingerprint density at radius 3 is 2.76 bits per heavy atom. The summed E-state index contributed by atoms with van der Waals surface area (Å²) in [5.41, 5.74) is 5.74. The van der Waals surface area contributed by atoms with E-state index in [2.05, 4.69) is 13.8 Å². The number of hydrogen-bond donors (Lipinski definition) is 1. The van der Waals surface area contributed by atoms with E-state index < -0.39 is 0 Å². The van der Waals surface area contributed by atoms with Crippen molar-refractivity contribution in [2.75, 3.05) is 26.3 Å². The van der Waals surface area contributed by atoms with Gasteiger partial charge in [-0.3, -0.25) is 4.79 Å². The Bertz CT molecular complexity index is 254. The lowest BCUT2D eigenvalue weighted by Crippen LogP contribution is -2.47. The van der Waals surface area contributed by atoms with Gasteiger partial charge in [0.05, 0.1) is 19.3 Å². The minimum atomic E-state index is 0.167. The van der Waals surface area contributed by atoms with E-state index >= 15 is 0 Å². The molecule has 0 aromatic heterocycles. The smallest absolute Gasteiger partial charge is 0.222 e. The van der Waals surface area contributed by atoms with Gasteiger partial charge in [-0.15, -0.1) is 0 Å². The Morgan fingerprint density at radius 2 is 2.18 bits per heavy atom. The fourth-order valence-electron chi connectivity index (χ4n) is 2.20. The Kier molecular flexibility index (Phi) is 5.40. The van der Waals surface area contributed by atoms with Gasteiger partial charge in [0.1, 0.15) is 0 Å². The van der Waals surface area contributed by atoms with Gasteiger partial charge in [-0.05, 0) is 31.7 Å². The molecular weight excluding hydrogens is 216 g/mol. The standard InChI is InChI=1S/C13H26N2O2/c1-11-10-17-9-8-15(11)12(16)4-5-13(2,3)6-7-14/h11H,4-10,14H2,1-3H3. The van der Waals surface area contributed by atoms with Crippen molar-refractivity contribution in [2.45, 2.75) is 46.1 Å². The van der Waals surface area contributed by atoms with Crippen LogP contribution in [0.25, 0.3) is 0 Å². The van der Waals surface area contributed by atoms with E-state index in [-0.39, 0.29) is 17.4 Å². The molecule has 4 heteroatoms. The molecule has 1 atom stereocenters. The summed E-state index contributed by atoms with van der Waals surface area (Å²) in [6, 6.07) is 0.217. The van der Waals surface area contributed by atoms with Crippen molar-refractivity contribution in [1.82, 2.24) is 4.90 Å². The maximum atomic E-state index is 12.1. The van der Waals surface area contributed by atoms with Gasteiger partial charge < -0.3 is 15.4 Å². The highest BCUT2D eigenvalue weighted by atomic mass is 16.5. The van der Waals surface area contributed by atoms with E-state index in [0.717, 1.165) is 19.4 Å². The highest BCUT2D eigenvalue weighted by Crippen LogP contribution is 2.26. The number of hydrogen-bond acceptors (Lipinski definition) is 3.